The molecule has 2 aromatic rings. The molecule has 1 fully saturated rings. The van der Waals surface area contributed by atoms with Gasteiger partial charge in [0.05, 0.1) is 6.04 Å². The van der Waals surface area contributed by atoms with Gasteiger partial charge in [-0.1, -0.05) is 30.3 Å². The van der Waals surface area contributed by atoms with Gasteiger partial charge in [0.2, 0.25) is 5.91 Å². The van der Waals surface area contributed by atoms with Crippen LogP contribution in [-0.4, -0.2) is 37.6 Å². The zero-order valence-corrected chi connectivity index (χ0v) is 12.1. The molecule has 1 saturated carbocycles. The average molecular weight is 285 g/mol. The molecule has 1 atom stereocenters. The van der Waals surface area contributed by atoms with Crippen molar-refractivity contribution in [3.05, 3.63) is 42.2 Å². The zero-order valence-electron chi connectivity index (χ0n) is 12.1. The minimum Gasteiger partial charge on any atom is -0.334 e. The highest BCUT2D eigenvalue weighted by Crippen LogP contribution is 2.32. The number of hydrogen-bond acceptors (Lipinski definition) is 4. The number of aromatic nitrogens is 4. The van der Waals surface area contributed by atoms with E-state index < -0.39 is 0 Å². The molecular formula is C15H19N5O. The minimum atomic E-state index is 0.0607. The minimum absolute atomic E-state index is 0.0607. The molecule has 1 amide bonds. The number of rotatable bonds is 6. The van der Waals surface area contributed by atoms with Gasteiger partial charge in [0.15, 0.2) is 0 Å². The summed E-state index contributed by atoms with van der Waals surface area (Å²) >= 11 is 0. The molecule has 3 rings (SSSR count). The van der Waals surface area contributed by atoms with Crippen molar-refractivity contribution in [3.63, 3.8) is 0 Å². The summed E-state index contributed by atoms with van der Waals surface area (Å²) in [5, 5.41) is 10.9. The molecule has 0 bridgehead atoms. The van der Waals surface area contributed by atoms with Crippen molar-refractivity contribution >= 4 is 5.91 Å². The fourth-order valence-electron chi connectivity index (χ4n) is 2.45. The Morgan fingerprint density at radius 1 is 1.38 bits per heavy atom. The predicted molar refractivity (Wildman–Crippen MR) is 77.1 cm³/mol. The number of carbonyl (C=O) groups is 1. The summed E-state index contributed by atoms with van der Waals surface area (Å²) in [5.74, 6) is 0.708. The van der Waals surface area contributed by atoms with Crippen LogP contribution in [0.1, 0.15) is 31.4 Å². The van der Waals surface area contributed by atoms with E-state index in [1.54, 1.807) is 0 Å². The molecule has 0 radical (unpaired) electrons. The lowest BCUT2D eigenvalue weighted by molar-refractivity contribution is -0.134. The van der Waals surface area contributed by atoms with Crippen LogP contribution in [0.5, 0.6) is 0 Å². The maximum Gasteiger partial charge on any atom is 0.244 e. The van der Waals surface area contributed by atoms with Gasteiger partial charge in [-0.05, 0) is 41.7 Å². The van der Waals surface area contributed by atoms with Crippen LogP contribution in [-0.2, 0) is 11.3 Å². The molecular weight excluding hydrogens is 266 g/mol. The molecule has 0 spiro atoms. The van der Waals surface area contributed by atoms with Crippen molar-refractivity contribution in [3.8, 4) is 0 Å². The normalized spacial score (nSPS) is 15.7. The second-order valence-corrected chi connectivity index (χ2v) is 5.58. The maximum atomic E-state index is 12.6. The van der Waals surface area contributed by atoms with Crippen molar-refractivity contribution in [2.45, 2.75) is 32.4 Å². The average Bonchev–Trinajstić information content (AvgIpc) is 3.20. The highest BCUT2D eigenvalue weighted by atomic mass is 16.2. The monoisotopic (exact) mass is 285 g/mol. The summed E-state index contributed by atoms with van der Waals surface area (Å²) in [6.45, 7) is 3.09. The number of amides is 1. The van der Waals surface area contributed by atoms with E-state index in [1.807, 2.05) is 23.1 Å². The topological polar surface area (TPSA) is 63.9 Å². The number of carbonyl (C=O) groups excluding carboxylic acids is 1. The van der Waals surface area contributed by atoms with Crippen LogP contribution in [0.2, 0.25) is 0 Å². The van der Waals surface area contributed by atoms with E-state index in [4.69, 9.17) is 0 Å². The first-order valence-electron chi connectivity index (χ1n) is 7.29. The molecule has 6 nitrogen and oxygen atoms in total. The molecule has 6 heteroatoms. The largest absolute Gasteiger partial charge is 0.334 e. The molecule has 1 unspecified atom stereocenters. The van der Waals surface area contributed by atoms with E-state index in [9.17, 15) is 4.79 Å². The summed E-state index contributed by atoms with van der Waals surface area (Å²) in [7, 11) is 0. The fraction of sp³-hybridized carbons (Fsp3) is 0.467. The van der Waals surface area contributed by atoms with Crippen LogP contribution in [0.25, 0.3) is 0 Å². The number of nitrogens with zero attached hydrogens (tertiary/aromatic N) is 5. The van der Waals surface area contributed by atoms with Crippen LogP contribution in [0, 0.1) is 5.92 Å². The Labute approximate surface area is 123 Å². The first-order valence-corrected chi connectivity index (χ1v) is 7.29. The number of hydrogen-bond donors (Lipinski definition) is 0. The highest BCUT2D eigenvalue weighted by molar-refractivity contribution is 5.76. The lowest BCUT2D eigenvalue weighted by Gasteiger charge is -2.29. The Balaban J connectivity index is 1.74. The smallest absolute Gasteiger partial charge is 0.244 e. The lowest BCUT2D eigenvalue weighted by atomic mass is 10.1. The van der Waals surface area contributed by atoms with Crippen molar-refractivity contribution < 1.29 is 4.79 Å². The Morgan fingerprint density at radius 2 is 2.14 bits per heavy atom. The zero-order chi connectivity index (χ0) is 14.7. The quantitative estimate of drug-likeness (QED) is 0.810. The Morgan fingerprint density at radius 3 is 2.76 bits per heavy atom. The van der Waals surface area contributed by atoms with Crippen molar-refractivity contribution in [1.82, 2.24) is 25.1 Å². The standard InChI is InChI=1S/C15H19N5O/c1-12(14-5-3-2-4-6-14)20(9-13-7-8-13)15(21)10-19-11-16-17-18-19/h2-6,11-13H,7-10H2,1H3. The Bertz CT molecular complexity index is 579. The molecule has 21 heavy (non-hydrogen) atoms. The SMILES string of the molecule is CC(c1ccccc1)N(CC1CC1)C(=O)Cn1cnnn1. The Kier molecular flexibility index (Phi) is 3.94. The first kappa shape index (κ1) is 13.7. The third-order valence-electron chi connectivity index (χ3n) is 3.91. The van der Waals surface area contributed by atoms with Gasteiger partial charge in [0.25, 0.3) is 0 Å². The van der Waals surface area contributed by atoms with E-state index in [-0.39, 0.29) is 18.5 Å². The number of benzene rings is 1. The van der Waals surface area contributed by atoms with E-state index in [1.165, 1.54) is 23.9 Å². The van der Waals surface area contributed by atoms with Gasteiger partial charge in [-0.15, -0.1) is 5.10 Å². The van der Waals surface area contributed by atoms with Crippen LogP contribution in [0.4, 0.5) is 0 Å². The van der Waals surface area contributed by atoms with Crippen molar-refractivity contribution in [1.29, 1.82) is 0 Å². The molecule has 1 aliphatic rings. The van der Waals surface area contributed by atoms with Gasteiger partial charge in [-0.2, -0.15) is 0 Å². The predicted octanol–water partition coefficient (Wildman–Crippen LogP) is 1.67. The molecule has 0 aliphatic heterocycles. The third kappa shape index (κ3) is 3.45. The van der Waals surface area contributed by atoms with Gasteiger partial charge >= 0.3 is 0 Å². The first-order chi connectivity index (χ1) is 10.2. The second-order valence-electron chi connectivity index (χ2n) is 5.58. The lowest BCUT2D eigenvalue weighted by Crippen LogP contribution is -2.37. The molecule has 1 aliphatic carbocycles. The van der Waals surface area contributed by atoms with Crippen molar-refractivity contribution in [2.24, 2.45) is 5.92 Å². The van der Waals surface area contributed by atoms with E-state index >= 15 is 0 Å². The second kappa shape index (κ2) is 6.03. The number of tetrazole rings is 1. The summed E-state index contributed by atoms with van der Waals surface area (Å²) < 4.78 is 1.47. The highest BCUT2D eigenvalue weighted by Gasteiger charge is 2.30. The van der Waals surface area contributed by atoms with E-state index in [2.05, 4.69) is 34.6 Å². The summed E-state index contributed by atoms with van der Waals surface area (Å²) in [4.78, 5) is 14.6. The Hall–Kier alpha value is -2.24. The van der Waals surface area contributed by atoms with Gasteiger partial charge in [0.1, 0.15) is 12.9 Å². The van der Waals surface area contributed by atoms with Gasteiger partial charge in [-0.3, -0.25) is 4.79 Å². The molecule has 110 valence electrons. The van der Waals surface area contributed by atoms with E-state index in [0.29, 0.717) is 5.92 Å². The van der Waals surface area contributed by atoms with Crippen LogP contribution in [0.3, 0.4) is 0 Å². The van der Waals surface area contributed by atoms with Crippen LogP contribution < -0.4 is 0 Å². The maximum absolute atomic E-state index is 12.6. The van der Waals surface area contributed by atoms with E-state index in [0.717, 1.165) is 12.1 Å². The molecule has 1 heterocycles. The van der Waals surface area contributed by atoms with Gasteiger partial charge < -0.3 is 4.90 Å². The van der Waals surface area contributed by atoms with Crippen LogP contribution >= 0.6 is 0 Å². The summed E-state index contributed by atoms with van der Waals surface area (Å²) in [5.41, 5.74) is 1.16. The fourth-order valence-corrected chi connectivity index (χ4v) is 2.45. The molecule has 0 saturated heterocycles. The third-order valence-corrected chi connectivity index (χ3v) is 3.91. The van der Waals surface area contributed by atoms with Crippen molar-refractivity contribution in [2.75, 3.05) is 6.54 Å². The van der Waals surface area contributed by atoms with Gasteiger partial charge in [0, 0.05) is 6.54 Å². The van der Waals surface area contributed by atoms with Crippen LogP contribution in [0.15, 0.2) is 36.7 Å². The summed E-state index contributed by atoms with van der Waals surface area (Å²) in [6.07, 6.45) is 3.91. The summed E-state index contributed by atoms with van der Waals surface area (Å²) in [6, 6.07) is 10.2. The molecule has 0 N–H and O–H groups in total. The van der Waals surface area contributed by atoms with Gasteiger partial charge in [-0.25, -0.2) is 4.68 Å². The molecule has 1 aromatic carbocycles. The molecule has 1 aromatic heterocycles.